The smallest absolute Gasteiger partial charge is 0.342 e. The van der Waals surface area contributed by atoms with Gasteiger partial charge in [-0.3, -0.25) is 4.79 Å². The highest BCUT2D eigenvalue weighted by Gasteiger charge is 2.34. The molecule has 0 unspecified atom stereocenters. The van der Waals surface area contributed by atoms with E-state index in [2.05, 4.69) is 5.32 Å². The first kappa shape index (κ1) is 17.6. The summed E-state index contributed by atoms with van der Waals surface area (Å²) < 4.78 is 37.0. The van der Waals surface area contributed by atoms with Gasteiger partial charge in [0.25, 0.3) is 0 Å². The molecule has 1 amide bonds. The molecule has 118 valence electrons. The topological polar surface area (TPSA) is 32.3 Å². The number of alkyl halides is 3. The van der Waals surface area contributed by atoms with Gasteiger partial charge < -0.3 is 10.2 Å². The van der Waals surface area contributed by atoms with Gasteiger partial charge in [-0.1, -0.05) is 0 Å². The van der Waals surface area contributed by atoms with Crippen molar-refractivity contribution in [3.8, 4) is 0 Å². The summed E-state index contributed by atoms with van der Waals surface area (Å²) in [6.45, 7) is 1.90. The minimum absolute atomic E-state index is 0. The number of carbonyl (C=O) groups is 1. The molecule has 0 aromatic heterocycles. The highest BCUT2D eigenvalue weighted by atomic mass is 35.5. The lowest BCUT2D eigenvalue weighted by Crippen LogP contribution is -2.43. The maximum Gasteiger partial charge on any atom is 0.390 e. The molecule has 2 aliphatic rings. The minimum Gasteiger partial charge on any atom is -0.342 e. The van der Waals surface area contributed by atoms with Crippen molar-refractivity contribution in [1.29, 1.82) is 0 Å². The van der Waals surface area contributed by atoms with Gasteiger partial charge in [-0.2, -0.15) is 13.2 Å². The summed E-state index contributed by atoms with van der Waals surface area (Å²) in [6.07, 6.45) is -1.51. The second kappa shape index (κ2) is 7.50. The van der Waals surface area contributed by atoms with E-state index < -0.39 is 12.6 Å². The highest BCUT2D eigenvalue weighted by molar-refractivity contribution is 5.85. The van der Waals surface area contributed by atoms with Crippen LogP contribution in [0.4, 0.5) is 13.2 Å². The lowest BCUT2D eigenvalue weighted by atomic mass is 9.96. The summed E-state index contributed by atoms with van der Waals surface area (Å²) in [4.78, 5) is 13.8. The minimum atomic E-state index is -4.18. The van der Waals surface area contributed by atoms with Crippen LogP contribution in [0.1, 0.15) is 32.1 Å². The molecule has 0 spiro atoms. The molecular formula is C13H22ClF3N2O. The van der Waals surface area contributed by atoms with Crippen LogP contribution in [-0.4, -0.2) is 43.2 Å². The Balaban J connectivity index is 0.00000200. The van der Waals surface area contributed by atoms with Crippen LogP contribution in [0.5, 0.6) is 0 Å². The van der Waals surface area contributed by atoms with E-state index in [1.807, 2.05) is 0 Å². The third-order valence-electron chi connectivity index (χ3n) is 3.84. The molecule has 2 rings (SSSR count). The zero-order valence-corrected chi connectivity index (χ0v) is 12.2. The van der Waals surface area contributed by atoms with Crippen molar-refractivity contribution < 1.29 is 18.0 Å². The predicted molar refractivity (Wildman–Crippen MR) is 72.8 cm³/mol. The van der Waals surface area contributed by atoms with Crippen LogP contribution in [0, 0.1) is 11.8 Å². The van der Waals surface area contributed by atoms with Gasteiger partial charge in [0.1, 0.15) is 0 Å². The van der Waals surface area contributed by atoms with Gasteiger partial charge in [0, 0.05) is 19.0 Å². The van der Waals surface area contributed by atoms with Gasteiger partial charge in [0.2, 0.25) is 5.91 Å². The Morgan fingerprint density at radius 1 is 1.15 bits per heavy atom. The fourth-order valence-corrected chi connectivity index (χ4v) is 2.49. The zero-order chi connectivity index (χ0) is 13.9. The second-order valence-electron chi connectivity index (χ2n) is 5.62. The molecule has 3 nitrogen and oxygen atoms in total. The zero-order valence-electron chi connectivity index (χ0n) is 11.4. The summed E-state index contributed by atoms with van der Waals surface area (Å²) >= 11 is 0. The van der Waals surface area contributed by atoms with Crippen molar-refractivity contribution in [3.63, 3.8) is 0 Å². The number of amides is 1. The largest absolute Gasteiger partial charge is 0.390 e. The third-order valence-corrected chi connectivity index (χ3v) is 3.84. The second-order valence-corrected chi connectivity index (χ2v) is 5.62. The van der Waals surface area contributed by atoms with Gasteiger partial charge in [-0.25, -0.2) is 0 Å². The molecule has 1 aliphatic heterocycles. The van der Waals surface area contributed by atoms with Crippen molar-refractivity contribution in [2.45, 2.75) is 38.3 Å². The standard InChI is InChI=1S/C13H21F3N2O.ClH/c14-13(15,16)5-8-18(9-10-1-2-10)12(19)11-3-6-17-7-4-11;/h10-11,17H,1-9H2;1H. The monoisotopic (exact) mass is 314 g/mol. The van der Waals surface area contributed by atoms with Crippen molar-refractivity contribution in [1.82, 2.24) is 10.2 Å². The molecule has 1 aliphatic carbocycles. The van der Waals surface area contributed by atoms with Gasteiger partial charge in [0.15, 0.2) is 0 Å². The van der Waals surface area contributed by atoms with Gasteiger partial charge >= 0.3 is 6.18 Å². The molecule has 1 saturated carbocycles. The van der Waals surface area contributed by atoms with Crippen LogP contribution in [0.3, 0.4) is 0 Å². The molecule has 0 atom stereocenters. The van der Waals surface area contributed by atoms with E-state index in [-0.39, 0.29) is 30.8 Å². The summed E-state index contributed by atoms with van der Waals surface area (Å²) in [6, 6.07) is 0. The van der Waals surface area contributed by atoms with Crippen molar-refractivity contribution >= 4 is 18.3 Å². The Bertz CT molecular complexity index is 315. The van der Waals surface area contributed by atoms with Crippen LogP contribution in [0.2, 0.25) is 0 Å². The molecule has 0 aromatic rings. The molecule has 1 heterocycles. The van der Waals surface area contributed by atoms with E-state index >= 15 is 0 Å². The summed E-state index contributed by atoms with van der Waals surface area (Å²) in [5.41, 5.74) is 0. The Labute approximate surface area is 123 Å². The van der Waals surface area contributed by atoms with Crippen LogP contribution in [0.25, 0.3) is 0 Å². The fourth-order valence-electron chi connectivity index (χ4n) is 2.49. The number of nitrogens with zero attached hydrogens (tertiary/aromatic N) is 1. The van der Waals surface area contributed by atoms with E-state index in [4.69, 9.17) is 0 Å². The number of nitrogens with one attached hydrogen (secondary N) is 1. The van der Waals surface area contributed by atoms with E-state index in [9.17, 15) is 18.0 Å². The first-order valence-electron chi connectivity index (χ1n) is 7.02. The number of halogens is 4. The molecule has 0 radical (unpaired) electrons. The van der Waals surface area contributed by atoms with Crippen LogP contribution >= 0.6 is 12.4 Å². The van der Waals surface area contributed by atoms with Crippen molar-refractivity contribution in [2.24, 2.45) is 11.8 Å². The summed E-state index contributed by atoms with van der Waals surface area (Å²) in [7, 11) is 0. The normalized spacial score (nSPS) is 20.4. The number of rotatable bonds is 5. The SMILES string of the molecule is Cl.O=C(C1CCNCC1)N(CCC(F)(F)F)CC1CC1. The Morgan fingerprint density at radius 3 is 2.25 bits per heavy atom. The van der Waals surface area contributed by atoms with Crippen LogP contribution in [0.15, 0.2) is 0 Å². The maximum absolute atomic E-state index is 12.3. The fraction of sp³-hybridized carbons (Fsp3) is 0.923. The molecule has 1 saturated heterocycles. The lowest BCUT2D eigenvalue weighted by Gasteiger charge is -2.30. The maximum atomic E-state index is 12.3. The van der Waals surface area contributed by atoms with Crippen LogP contribution in [-0.2, 0) is 4.79 Å². The predicted octanol–water partition coefficient (Wildman–Crippen LogP) is 2.60. The molecule has 7 heteroatoms. The van der Waals surface area contributed by atoms with E-state index in [0.29, 0.717) is 12.5 Å². The average Bonchev–Trinajstić information content (AvgIpc) is 3.17. The number of hydrogen-bond acceptors (Lipinski definition) is 2. The van der Waals surface area contributed by atoms with E-state index in [1.165, 1.54) is 4.90 Å². The first-order valence-corrected chi connectivity index (χ1v) is 7.02. The summed E-state index contributed by atoms with van der Waals surface area (Å²) in [5.74, 6) is 0.268. The van der Waals surface area contributed by atoms with E-state index in [1.54, 1.807) is 0 Å². The van der Waals surface area contributed by atoms with Gasteiger partial charge in [-0.05, 0) is 44.7 Å². The van der Waals surface area contributed by atoms with Crippen molar-refractivity contribution in [3.05, 3.63) is 0 Å². The molecule has 1 N–H and O–H groups in total. The van der Waals surface area contributed by atoms with Crippen molar-refractivity contribution in [2.75, 3.05) is 26.2 Å². The number of carbonyl (C=O) groups excluding carboxylic acids is 1. The van der Waals surface area contributed by atoms with Gasteiger partial charge in [0.05, 0.1) is 6.42 Å². The molecule has 0 aromatic carbocycles. The molecule has 20 heavy (non-hydrogen) atoms. The lowest BCUT2D eigenvalue weighted by molar-refractivity contribution is -0.148. The Morgan fingerprint density at radius 2 is 1.75 bits per heavy atom. The Hall–Kier alpha value is -0.490. The van der Waals surface area contributed by atoms with Gasteiger partial charge in [-0.15, -0.1) is 12.4 Å². The molecule has 0 bridgehead atoms. The first-order chi connectivity index (χ1) is 8.96. The number of piperidine rings is 1. The molecular weight excluding hydrogens is 293 g/mol. The quantitative estimate of drug-likeness (QED) is 0.846. The Kier molecular flexibility index (Phi) is 6.58. The highest BCUT2D eigenvalue weighted by Crippen LogP contribution is 2.31. The molecule has 2 fully saturated rings. The van der Waals surface area contributed by atoms with Crippen LogP contribution < -0.4 is 5.32 Å². The third kappa shape index (κ3) is 5.87. The summed E-state index contributed by atoms with van der Waals surface area (Å²) in [5, 5.41) is 3.17. The number of hydrogen-bond donors (Lipinski definition) is 1. The average molecular weight is 315 g/mol. The van der Waals surface area contributed by atoms with E-state index in [0.717, 1.165) is 38.8 Å².